The lowest BCUT2D eigenvalue weighted by Crippen LogP contribution is -2.48. The Bertz CT molecular complexity index is 472. The van der Waals surface area contributed by atoms with Crippen LogP contribution in [-0.2, 0) is 0 Å². The first-order chi connectivity index (χ1) is 8.49. The van der Waals surface area contributed by atoms with Crippen molar-refractivity contribution in [1.82, 2.24) is 4.90 Å². The Morgan fingerprint density at radius 1 is 1.53 bits per heavy atom. The van der Waals surface area contributed by atoms with Gasteiger partial charge in [-0.2, -0.15) is 0 Å². The van der Waals surface area contributed by atoms with E-state index in [1.807, 2.05) is 6.92 Å². The minimum Gasteiger partial charge on any atom is -0.336 e. The Morgan fingerprint density at radius 3 is 2.84 bits per heavy atom. The average molecular weight is 352 g/mol. The second kappa shape index (κ2) is 6.68. The largest absolute Gasteiger partial charge is 0.336 e. The number of likely N-dealkylation sites (tertiary alicyclic amines) is 1. The molecule has 6 heteroatoms. The van der Waals surface area contributed by atoms with Crippen molar-refractivity contribution >= 4 is 34.2 Å². The Labute approximate surface area is 126 Å². The molecule has 1 aromatic rings. The topological polar surface area (TPSA) is 46.3 Å². The van der Waals surface area contributed by atoms with Crippen molar-refractivity contribution < 1.29 is 9.18 Å². The van der Waals surface area contributed by atoms with Crippen LogP contribution in [0, 0.1) is 5.82 Å². The van der Waals surface area contributed by atoms with Crippen LogP contribution in [0.5, 0.6) is 0 Å². The zero-order valence-corrected chi connectivity index (χ0v) is 13.0. The highest BCUT2D eigenvalue weighted by atomic mass is 79.9. The van der Waals surface area contributed by atoms with E-state index in [2.05, 4.69) is 15.9 Å². The number of halogens is 3. The third-order valence-corrected chi connectivity index (χ3v) is 4.03. The number of nitrogens with zero attached hydrogens (tertiary/aromatic N) is 1. The van der Waals surface area contributed by atoms with Gasteiger partial charge in [0.2, 0.25) is 0 Å². The summed E-state index contributed by atoms with van der Waals surface area (Å²) in [7, 11) is 0. The van der Waals surface area contributed by atoms with Crippen molar-refractivity contribution in [1.29, 1.82) is 0 Å². The molecule has 1 aliphatic heterocycles. The molecular formula is C13H17BrClFN2O. The summed E-state index contributed by atoms with van der Waals surface area (Å²) < 4.78 is 13.8. The van der Waals surface area contributed by atoms with Crippen LogP contribution in [-0.4, -0.2) is 29.4 Å². The first kappa shape index (κ1) is 16.4. The lowest BCUT2D eigenvalue weighted by atomic mass is 9.98. The minimum absolute atomic E-state index is 0. The summed E-state index contributed by atoms with van der Waals surface area (Å²) in [5.74, 6) is -0.538. The predicted molar refractivity (Wildman–Crippen MR) is 79.1 cm³/mol. The van der Waals surface area contributed by atoms with Crippen molar-refractivity contribution in [3.8, 4) is 0 Å². The molecule has 106 valence electrons. The molecule has 3 nitrogen and oxygen atoms in total. The molecule has 19 heavy (non-hydrogen) atoms. The van der Waals surface area contributed by atoms with E-state index in [0.717, 1.165) is 12.8 Å². The monoisotopic (exact) mass is 350 g/mol. The molecule has 1 heterocycles. The van der Waals surface area contributed by atoms with E-state index in [1.165, 1.54) is 12.1 Å². The highest BCUT2D eigenvalue weighted by Gasteiger charge is 2.28. The summed E-state index contributed by atoms with van der Waals surface area (Å²) in [5.41, 5.74) is 6.25. The van der Waals surface area contributed by atoms with E-state index in [4.69, 9.17) is 5.73 Å². The van der Waals surface area contributed by atoms with Crippen LogP contribution in [0.4, 0.5) is 4.39 Å². The van der Waals surface area contributed by atoms with Crippen LogP contribution in [0.3, 0.4) is 0 Å². The van der Waals surface area contributed by atoms with Crippen LogP contribution in [0.25, 0.3) is 0 Å². The van der Waals surface area contributed by atoms with Gasteiger partial charge in [0.15, 0.2) is 0 Å². The quantitative estimate of drug-likeness (QED) is 0.845. The second-order valence-electron chi connectivity index (χ2n) is 4.76. The molecule has 2 atom stereocenters. The van der Waals surface area contributed by atoms with E-state index in [0.29, 0.717) is 16.6 Å². The molecule has 1 aromatic carbocycles. The van der Waals surface area contributed by atoms with E-state index >= 15 is 0 Å². The van der Waals surface area contributed by atoms with Gasteiger partial charge < -0.3 is 10.6 Å². The van der Waals surface area contributed by atoms with E-state index in [1.54, 1.807) is 11.0 Å². The normalized spacial score (nSPS) is 22.8. The minimum atomic E-state index is -0.400. The summed E-state index contributed by atoms with van der Waals surface area (Å²) >= 11 is 3.29. The molecule has 0 spiro atoms. The van der Waals surface area contributed by atoms with E-state index in [9.17, 15) is 9.18 Å². The number of benzene rings is 1. The Morgan fingerprint density at radius 2 is 2.21 bits per heavy atom. The molecule has 0 aromatic heterocycles. The zero-order chi connectivity index (χ0) is 13.3. The third-order valence-electron chi connectivity index (χ3n) is 3.34. The van der Waals surface area contributed by atoms with Crippen LogP contribution >= 0.6 is 28.3 Å². The highest BCUT2D eigenvalue weighted by Crippen LogP contribution is 2.23. The summed E-state index contributed by atoms with van der Waals surface area (Å²) in [4.78, 5) is 14.1. The van der Waals surface area contributed by atoms with Gasteiger partial charge in [-0.3, -0.25) is 4.79 Å². The number of amides is 1. The molecule has 0 aliphatic carbocycles. The predicted octanol–water partition coefficient (Wildman–Crippen LogP) is 2.96. The van der Waals surface area contributed by atoms with Crippen LogP contribution in [0.15, 0.2) is 22.7 Å². The molecule has 1 saturated heterocycles. The summed E-state index contributed by atoms with van der Waals surface area (Å²) in [6.45, 7) is 2.61. The van der Waals surface area contributed by atoms with Crippen LogP contribution < -0.4 is 5.73 Å². The zero-order valence-electron chi connectivity index (χ0n) is 10.6. The fourth-order valence-corrected chi connectivity index (χ4v) is 2.74. The number of hydrogen-bond donors (Lipinski definition) is 1. The van der Waals surface area contributed by atoms with Gasteiger partial charge >= 0.3 is 0 Å². The van der Waals surface area contributed by atoms with Crippen LogP contribution in [0.2, 0.25) is 0 Å². The van der Waals surface area contributed by atoms with Gasteiger partial charge in [-0.05, 0) is 53.9 Å². The van der Waals surface area contributed by atoms with Gasteiger partial charge in [0, 0.05) is 23.1 Å². The van der Waals surface area contributed by atoms with Crippen LogP contribution in [0.1, 0.15) is 30.1 Å². The molecule has 2 unspecified atom stereocenters. The van der Waals surface area contributed by atoms with Crippen molar-refractivity contribution in [3.05, 3.63) is 34.1 Å². The number of hydrogen-bond acceptors (Lipinski definition) is 2. The van der Waals surface area contributed by atoms with E-state index in [-0.39, 0.29) is 30.4 Å². The molecule has 0 saturated carbocycles. The van der Waals surface area contributed by atoms with E-state index < -0.39 is 5.82 Å². The fraction of sp³-hybridized carbons (Fsp3) is 0.462. The number of carbonyl (C=O) groups excluding carboxylic acids is 1. The van der Waals surface area contributed by atoms with Crippen molar-refractivity contribution in [3.63, 3.8) is 0 Å². The number of piperidine rings is 1. The molecule has 1 fully saturated rings. The first-order valence-corrected chi connectivity index (χ1v) is 6.80. The summed E-state index contributed by atoms with van der Waals surface area (Å²) in [6.07, 6.45) is 1.59. The van der Waals surface area contributed by atoms with Gasteiger partial charge in [0.05, 0.1) is 5.56 Å². The highest BCUT2D eigenvalue weighted by molar-refractivity contribution is 9.10. The molecule has 2 rings (SSSR count). The maximum absolute atomic E-state index is 13.2. The molecule has 2 N–H and O–H groups in total. The Kier molecular flexibility index (Phi) is 5.77. The smallest absolute Gasteiger partial charge is 0.255 e. The number of rotatable bonds is 1. The van der Waals surface area contributed by atoms with Gasteiger partial charge in [0.1, 0.15) is 5.82 Å². The third kappa shape index (κ3) is 3.68. The lowest BCUT2D eigenvalue weighted by Gasteiger charge is -2.36. The van der Waals surface area contributed by atoms with Gasteiger partial charge in [-0.15, -0.1) is 12.4 Å². The van der Waals surface area contributed by atoms with Gasteiger partial charge in [-0.1, -0.05) is 0 Å². The average Bonchev–Trinajstić information content (AvgIpc) is 2.31. The molecule has 0 bridgehead atoms. The fourth-order valence-electron chi connectivity index (χ4n) is 2.33. The molecule has 0 radical (unpaired) electrons. The Balaban J connectivity index is 0.00000180. The van der Waals surface area contributed by atoms with Crippen molar-refractivity contribution in [2.75, 3.05) is 6.54 Å². The van der Waals surface area contributed by atoms with Crippen molar-refractivity contribution in [2.45, 2.75) is 31.8 Å². The maximum atomic E-state index is 13.2. The van der Waals surface area contributed by atoms with Gasteiger partial charge in [-0.25, -0.2) is 4.39 Å². The summed E-state index contributed by atoms with van der Waals surface area (Å²) in [6, 6.07) is 4.41. The number of nitrogens with two attached hydrogens (primary N) is 1. The Hall–Kier alpha value is -0.650. The SMILES string of the molecule is CC1CC(N)CCN1C(=O)c1cc(F)ccc1Br.Cl. The molecule has 1 amide bonds. The van der Waals surface area contributed by atoms with Gasteiger partial charge in [0.25, 0.3) is 5.91 Å². The number of carbonyl (C=O) groups is 1. The second-order valence-corrected chi connectivity index (χ2v) is 5.61. The summed E-state index contributed by atoms with van der Waals surface area (Å²) in [5, 5.41) is 0. The lowest BCUT2D eigenvalue weighted by molar-refractivity contribution is 0.0617. The first-order valence-electron chi connectivity index (χ1n) is 6.00. The molecular weight excluding hydrogens is 335 g/mol. The molecule has 1 aliphatic rings. The standard InChI is InChI=1S/C13H16BrFN2O.ClH/c1-8-6-10(16)4-5-17(8)13(18)11-7-9(15)2-3-12(11)14;/h2-3,7-8,10H,4-6,16H2,1H3;1H. The van der Waals surface area contributed by atoms with Crippen molar-refractivity contribution in [2.24, 2.45) is 5.73 Å². The maximum Gasteiger partial charge on any atom is 0.255 e.